The number of ketones is 1. The quantitative estimate of drug-likeness (QED) is 0.724. The molecule has 3 aromatic rings. The smallest absolute Gasteiger partial charge is 0.345 e. The second kappa shape index (κ2) is 5.37. The molecule has 2 aromatic carbocycles. The van der Waals surface area contributed by atoms with Crippen molar-refractivity contribution in [1.82, 2.24) is 0 Å². The second-order valence-corrected chi connectivity index (χ2v) is 4.93. The molecule has 3 N–H and O–H groups in total. The third-order valence-electron chi connectivity index (χ3n) is 3.43. The standard InChI is InChI=1S/C17H14N2O3/c1-10(20)11-6-8-12(9-7-11)19-15-13-4-2-3-5-14(13)17(21)22-16(15)18/h2-9,19H,18H2,1H3. The van der Waals surface area contributed by atoms with Gasteiger partial charge >= 0.3 is 5.63 Å². The lowest BCUT2D eigenvalue weighted by molar-refractivity contribution is 0.101. The molecule has 0 amide bonds. The Kier molecular flexibility index (Phi) is 3.39. The fourth-order valence-electron chi connectivity index (χ4n) is 2.28. The van der Waals surface area contributed by atoms with E-state index >= 15 is 0 Å². The first-order valence-corrected chi connectivity index (χ1v) is 6.75. The fraction of sp³-hybridized carbons (Fsp3) is 0.0588. The van der Waals surface area contributed by atoms with E-state index < -0.39 is 5.63 Å². The van der Waals surface area contributed by atoms with E-state index in [0.717, 1.165) is 5.69 Å². The van der Waals surface area contributed by atoms with Gasteiger partial charge in [-0.1, -0.05) is 18.2 Å². The molecule has 1 aromatic heterocycles. The van der Waals surface area contributed by atoms with Crippen LogP contribution >= 0.6 is 0 Å². The molecular weight excluding hydrogens is 280 g/mol. The van der Waals surface area contributed by atoms with Crippen LogP contribution < -0.4 is 16.7 Å². The van der Waals surface area contributed by atoms with Crippen molar-refractivity contribution in [2.24, 2.45) is 0 Å². The first kappa shape index (κ1) is 13.9. The highest BCUT2D eigenvalue weighted by molar-refractivity contribution is 5.99. The van der Waals surface area contributed by atoms with Crippen LogP contribution in [0.1, 0.15) is 17.3 Å². The van der Waals surface area contributed by atoms with Crippen molar-refractivity contribution in [2.45, 2.75) is 6.92 Å². The van der Waals surface area contributed by atoms with E-state index in [4.69, 9.17) is 10.2 Å². The van der Waals surface area contributed by atoms with Crippen molar-refractivity contribution in [3.05, 3.63) is 64.5 Å². The van der Waals surface area contributed by atoms with Crippen LogP contribution in [0.15, 0.2) is 57.7 Å². The molecule has 110 valence electrons. The average molecular weight is 294 g/mol. The summed E-state index contributed by atoms with van der Waals surface area (Å²) in [5, 5.41) is 4.28. The number of nitrogens with two attached hydrogens (primary N) is 1. The highest BCUT2D eigenvalue weighted by Crippen LogP contribution is 2.30. The zero-order valence-electron chi connectivity index (χ0n) is 11.9. The van der Waals surface area contributed by atoms with Crippen LogP contribution in [-0.4, -0.2) is 5.78 Å². The third-order valence-corrected chi connectivity index (χ3v) is 3.43. The molecule has 0 bridgehead atoms. The van der Waals surface area contributed by atoms with Crippen molar-refractivity contribution in [2.75, 3.05) is 11.1 Å². The van der Waals surface area contributed by atoms with Gasteiger partial charge in [0.15, 0.2) is 5.78 Å². The summed E-state index contributed by atoms with van der Waals surface area (Å²) in [5.41, 5.74) is 7.27. The molecule has 0 atom stereocenters. The van der Waals surface area contributed by atoms with Crippen LogP contribution in [0.3, 0.4) is 0 Å². The van der Waals surface area contributed by atoms with Gasteiger partial charge in [-0.2, -0.15) is 0 Å². The summed E-state index contributed by atoms with van der Waals surface area (Å²) >= 11 is 0. The second-order valence-electron chi connectivity index (χ2n) is 4.93. The molecule has 0 radical (unpaired) electrons. The van der Waals surface area contributed by atoms with Crippen LogP contribution in [0.5, 0.6) is 0 Å². The van der Waals surface area contributed by atoms with Crippen molar-refractivity contribution in [3.8, 4) is 0 Å². The van der Waals surface area contributed by atoms with Gasteiger partial charge in [0.1, 0.15) is 5.69 Å². The van der Waals surface area contributed by atoms with Crippen LogP contribution in [0.25, 0.3) is 10.8 Å². The number of carbonyl (C=O) groups excluding carboxylic acids is 1. The lowest BCUT2D eigenvalue weighted by Crippen LogP contribution is -2.06. The van der Waals surface area contributed by atoms with Crippen LogP contribution in [0, 0.1) is 0 Å². The summed E-state index contributed by atoms with van der Waals surface area (Å²) in [6.45, 7) is 1.51. The molecule has 1 heterocycles. The number of carbonyl (C=O) groups is 1. The van der Waals surface area contributed by atoms with Gasteiger partial charge in [0.05, 0.1) is 5.39 Å². The number of fused-ring (bicyclic) bond motifs is 1. The molecule has 0 unspecified atom stereocenters. The normalized spacial score (nSPS) is 10.6. The Hall–Kier alpha value is -3.08. The van der Waals surface area contributed by atoms with E-state index in [1.807, 2.05) is 6.07 Å². The summed E-state index contributed by atoms with van der Waals surface area (Å²) in [6.07, 6.45) is 0. The van der Waals surface area contributed by atoms with Gasteiger partial charge in [-0.05, 0) is 37.3 Å². The van der Waals surface area contributed by atoms with E-state index in [1.165, 1.54) is 6.92 Å². The summed E-state index contributed by atoms with van der Waals surface area (Å²) < 4.78 is 5.06. The average Bonchev–Trinajstić information content (AvgIpc) is 2.52. The molecular formula is C17H14N2O3. The zero-order valence-corrected chi connectivity index (χ0v) is 11.9. The Morgan fingerprint density at radius 2 is 1.68 bits per heavy atom. The summed E-state index contributed by atoms with van der Waals surface area (Å²) in [5.74, 6) is 0.0292. The Labute approximate surface area is 126 Å². The van der Waals surface area contributed by atoms with Gasteiger partial charge < -0.3 is 15.5 Å². The minimum atomic E-state index is -0.467. The first-order chi connectivity index (χ1) is 10.6. The van der Waals surface area contributed by atoms with E-state index in [0.29, 0.717) is 22.0 Å². The fourth-order valence-corrected chi connectivity index (χ4v) is 2.28. The van der Waals surface area contributed by atoms with E-state index in [1.54, 1.807) is 42.5 Å². The van der Waals surface area contributed by atoms with E-state index in [9.17, 15) is 9.59 Å². The Morgan fingerprint density at radius 1 is 1.05 bits per heavy atom. The number of anilines is 3. The van der Waals surface area contributed by atoms with Crippen LogP contribution in [0.2, 0.25) is 0 Å². The van der Waals surface area contributed by atoms with Crippen molar-refractivity contribution in [1.29, 1.82) is 0 Å². The minimum absolute atomic E-state index is 0.00206. The molecule has 0 saturated heterocycles. The highest BCUT2D eigenvalue weighted by Gasteiger charge is 2.11. The number of nitrogens with one attached hydrogen (secondary N) is 1. The number of rotatable bonds is 3. The maximum Gasteiger partial charge on any atom is 0.345 e. The Bertz CT molecular complexity index is 911. The maximum absolute atomic E-state index is 11.8. The molecule has 22 heavy (non-hydrogen) atoms. The molecule has 0 spiro atoms. The third kappa shape index (κ3) is 2.44. The van der Waals surface area contributed by atoms with Crippen LogP contribution in [0.4, 0.5) is 17.3 Å². The molecule has 0 fully saturated rings. The molecule has 5 nitrogen and oxygen atoms in total. The van der Waals surface area contributed by atoms with Gasteiger partial charge in [-0.25, -0.2) is 4.79 Å². The zero-order chi connectivity index (χ0) is 15.7. The highest BCUT2D eigenvalue weighted by atomic mass is 16.4. The van der Waals surface area contributed by atoms with Gasteiger partial charge in [0, 0.05) is 16.6 Å². The monoisotopic (exact) mass is 294 g/mol. The molecule has 0 aliphatic heterocycles. The molecule has 0 saturated carbocycles. The lowest BCUT2D eigenvalue weighted by atomic mass is 10.1. The summed E-state index contributed by atoms with van der Waals surface area (Å²) in [7, 11) is 0. The molecule has 0 aliphatic rings. The van der Waals surface area contributed by atoms with Gasteiger partial charge in [-0.3, -0.25) is 4.79 Å². The Morgan fingerprint density at radius 3 is 2.32 bits per heavy atom. The largest absolute Gasteiger partial charge is 0.404 e. The van der Waals surface area contributed by atoms with Crippen LogP contribution in [-0.2, 0) is 0 Å². The first-order valence-electron chi connectivity index (χ1n) is 6.75. The number of Topliss-reactive ketones (excluding diaryl/α,β-unsaturated/α-hetero) is 1. The maximum atomic E-state index is 11.8. The topological polar surface area (TPSA) is 85.3 Å². The SMILES string of the molecule is CC(=O)c1ccc(Nc2c(N)oc(=O)c3ccccc23)cc1. The summed E-state index contributed by atoms with van der Waals surface area (Å²) in [4.78, 5) is 23.1. The van der Waals surface area contributed by atoms with Crippen molar-refractivity contribution < 1.29 is 9.21 Å². The lowest BCUT2D eigenvalue weighted by Gasteiger charge is -2.11. The van der Waals surface area contributed by atoms with Gasteiger partial charge in [-0.15, -0.1) is 0 Å². The predicted molar refractivity (Wildman–Crippen MR) is 86.6 cm³/mol. The number of nitrogen functional groups attached to an aromatic ring is 1. The molecule has 3 rings (SSSR count). The number of hydrogen-bond donors (Lipinski definition) is 2. The van der Waals surface area contributed by atoms with Crippen molar-refractivity contribution in [3.63, 3.8) is 0 Å². The predicted octanol–water partition coefficient (Wildman–Crippen LogP) is 3.32. The molecule has 5 heteroatoms. The van der Waals surface area contributed by atoms with E-state index in [2.05, 4.69) is 5.32 Å². The Balaban J connectivity index is 2.07. The van der Waals surface area contributed by atoms with E-state index in [-0.39, 0.29) is 11.7 Å². The summed E-state index contributed by atoms with van der Waals surface area (Å²) in [6, 6.07) is 14.1. The van der Waals surface area contributed by atoms with Gasteiger partial charge in [0.25, 0.3) is 0 Å². The molecule has 0 aliphatic carbocycles. The van der Waals surface area contributed by atoms with Gasteiger partial charge in [0.2, 0.25) is 5.88 Å². The number of hydrogen-bond acceptors (Lipinski definition) is 5. The minimum Gasteiger partial charge on any atom is -0.404 e. The number of benzene rings is 2. The van der Waals surface area contributed by atoms with Crippen molar-refractivity contribution >= 4 is 33.8 Å².